The Morgan fingerprint density at radius 1 is 1.00 bits per heavy atom. The molecule has 158 valence electrons. The van der Waals surface area contributed by atoms with Gasteiger partial charge in [-0.1, -0.05) is 64.1 Å². The highest BCUT2D eigenvalue weighted by molar-refractivity contribution is 9.10. The van der Waals surface area contributed by atoms with Crippen molar-refractivity contribution in [3.63, 3.8) is 0 Å². The third-order valence-corrected chi connectivity index (χ3v) is 6.15. The van der Waals surface area contributed by atoms with Gasteiger partial charge in [-0.3, -0.25) is 4.57 Å². The lowest BCUT2D eigenvalue weighted by Crippen LogP contribution is -2.04. The molecule has 0 amide bonds. The minimum absolute atomic E-state index is 0.237. The van der Waals surface area contributed by atoms with E-state index in [0.717, 1.165) is 32.5 Å². The summed E-state index contributed by atoms with van der Waals surface area (Å²) in [4.78, 5) is 0. The van der Waals surface area contributed by atoms with Crippen LogP contribution in [-0.4, -0.2) is 21.4 Å². The van der Waals surface area contributed by atoms with Crippen LogP contribution in [-0.2, 0) is 12.2 Å². The van der Waals surface area contributed by atoms with Crippen LogP contribution in [0, 0.1) is 5.82 Å². The molecule has 4 rings (SSSR count). The Hall–Kier alpha value is -2.64. The molecule has 0 saturated carbocycles. The maximum atomic E-state index is 14.3. The SMILES string of the molecule is CCOc1ccc(-n2c(Cc3ccccc3)nnc2SCc2ccc(Br)cc2F)cc1. The summed E-state index contributed by atoms with van der Waals surface area (Å²) in [5, 5.41) is 9.60. The predicted molar refractivity (Wildman–Crippen MR) is 125 cm³/mol. The third kappa shape index (κ3) is 5.35. The van der Waals surface area contributed by atoms with Crippen LogP contribution in [0.25, 0.3) is 5.69 Å². The van der Waals surface area contributed by atoms with Crippen LogP contribution in [0.1, 0.15) is 23.9 Å². The Morgan fingerprint density at radius 3 is 2.48 bits per heavy atom. The van der Waals surface area contributed by atoms with E-state index in [1.54, 1.807) is 6.07 Å². The fourth-order valence-corrected chi connectivity index (χ4v) is 4.48. The van der Waals surface area contributed by atoms with E-state index < -0.39 is 0 Å². The van der Waals surface area contributed by atoms with Gasteiger partial charge in [-0.25, -0.2) is 4.39 Å². The van der Waals surface area contributed by atoms with Gasteiger partial charge in [0.05, 0.1) is 6.61 Å². The van der Waals surface area contributed by atoms with E-state index in [4.69, 9.17) is 4.74 Å². The molecule has 3 aromatic carbocycles. The number of hydrogen-bond donors (Lipinski definition) is 0. The summed E-state index contributed by atoms with van der Waals surface area (Å²) in [6.07, 6.45) is 0.647. The number of rotatable bonds is 8. The lowest BCUT2D eigenvalue weighted by Gasteiger charge is -2.12. The fraction of sp³-hybridized carbons (Fsp3) is 0.167. The quantitative estimate of drug-likeness (QED) is 0.262. The zero-order valence-electron chi connectivity index (χ0n) is 17.0. The average Bonchev–Trinajstić information content (AvgIpc) is 3.17. The van der Waals surface area contributed by atoms with Crippen molar-refractivity contribution in [1.29, 1.82) is 0 Å². The van der Waals surface area contributed by atoms with Gasteiger partial charge < -0.3 is 4.74 Å². The molecule has 1 heterocycles. The Kier molecular flexibility index (Phi) is 7.04. The Morgan fingerprint density at radius 2 is 1.77 bits per heavy atom. The van der Waals surface area contributed by atoms with E-state index in [1.165, 1.54) is 17.8 Å². The molecule has 0 N–H and O–H groups in total. The molecule has 31 heavy (non-hydrogen) atoms. The fourth-order valence-electron chi connectivity index (χ4n) is 3.19. The molecule has 0 atom stereocenters. The normalized spacial score (nSPS) is 10.9. The van der Waals surface area contributed by atoms with Gasteiger partial charge in [-0.2, -0.15) is 0 Å². The number of thioether (sulfide) groups is 1. The van der Waals surface area contributed by atoms with E-state index in [1.807, 2.05) is 60.0 Å². The molecule has 7 heteroatoms. The third-order valence-electron chi connectivity index (χ3n) is 4.68. The van der Waals surface area contributed by atoms with Crippen molar-refractivity contribution in [2.75, 3.05) is 6.61 Å². The predicted octanol–water partition coefficient (Wildman–Crippen LogP) is 6.45. The van der Waals surface area contributed by atoms with Crippen molar-refractivity contribution < 1.29 is 9.13 Å². The molecular weight excluding hydrogens is 477 g/mol. The average molecular weight is 498 g/mol. The zero-order valence-corrected chi connectivity index (χ0v) is 19.4. The minimum Gasteiger partial charge on any atom is -0.494 e. The first-order chi connectivity index (χ1) is 15.1. The topological polar surface area (TPSA) is 39.9 Å². The maximum Gasteiger partial charge on any atom is 0.196 e. The number of nitrogens with zero attached hydrogens (tertiary/aromatic N) is 3. The molecule has 1 aromatic heterocycles. The van der Waals surface area contributed by atoms with E-state index in [-0.39, 0.29) is 5.82 Å². The molecule has 0 radical (unpaired) electrons. The second-order valence-corrected chi connectivity index (χ2v) is 8.71. The number of halogens is 2. The highest BCUT2D eigenvalue weighted by Crippen LogP contribution is 2.28. The number of hydrogen-bond acceptors (Lipinski definition) is 4. The molecule has 0 aliphatic heterocycles. The molecule has 0 fully saturated rings. The summed E-state index contributed by atoms with van der Waals surface area (Å²) in [7, 11) is 0. The second-order valence-electron chi connectivity index (χ2n) is 6.85. The van der Waals surface area contributed by atoms with E-state index in [0.29, 0.717) is 24.3 Å². The minimum atomic E-state index is -0.237. The van der Waals surface area contributed by atoms with Crippen LogP contribution in [0.2, 0.25) is 0 Å². The van der Waals surface area contributed by atoms with Crippen LogP contribution in [0.3, 0.4) is 0 Å². The first-order valence-corrected chi connectivity index (χ1v) is 11.7. The van der Waals surface area contributed by atoms with Crippen LogP contribution in [0.5, 0.6) is 5.75 Å². The molecule has 4 aromatic rings. The molecule has 0 spiro atoms. The summed E-state index contributed by atoms with van der Waals surface area (Å²) in [6.45, 7) is 2.58. The molecule has 0 bridgehead atoms. The van der Waals surface area contributed by atoms with Crippen molar-refractivity contribution in [3.8, 4) is 11.4 Å². The lowest BCUT2D eigenvalue weighted by molar-refractivity contribution is 0.340. The van der Waals surface area contributed by atoms with Gasteiger partial charge in [0.25, 0.3) is 0 Å². The number of aromatic nitrogens is 3. The standard InChI is InChI=1S/C24H21BrFN3OS/c1-2-30-21-12-10-20(11-13-21)29-23(14-17-6-4-3-5-7-17)27-28-24(29)31-16-18-8-9-19(25)15-22(18)26/h3-13,15H,2,14,16H2,1H3. The van der Waals surface area contributed by atoms with Crippen molar-refractivity contribution in [3.05, 3.63) is 100 Å². The Labute approximate surface area is 193 Å². The van der Waals surface area contributed by atoms with Crippen molar-refractivity contribution in [2.24, 2.45) is 0 Å². The van der Waals surface area contributed by atoms with Gasteiger partial charge in [0.2, 0.25) is 0 Å². The van der Waals surface area contributed by atoms with Crippen molar-refractivity contribution in [1.82, 2.24) is 14.8 Å². The van der Waals surface area contributed by atoms with Crippen LogP contribution in [0.15, 0.2) is 82.4 Å². The monoisotopic (exact) mass is 497 g/mol. The van der Waals surface area contributed by atoms with Crippen LogP contribution in [0.4, 0.5) is 4.39 Å². The van der Waals surface area contributed by atoms with Gasteiger partial charge in [-0.15, -0.1) is 10.2 Å². The molecule has 0 aliphatic carbocycles. The van der Waals surface area contributed by atoms with Gasteiger partial charge in [0, 0.05) is 22.3 Å². The largest absolute Gasteiger partial charge is 0.494 e. The van der Waals surface area contributed by atoms with Gasteiger partial charge in [-0.05, 0) is 54.4 Å². The number of benzene rings is 3. The molecule has 4 nitrogen and oxygen atoms in total. The number of ether oxygens (including phenoxy) is 1. The summed E-state index contributed by atoms with van der Waals surface area (Å²) in [5.41, 5.74) is 2.72. The second kappa shape index (κ2) is 10.1. The molecular formula is C24H21BrFN3OS. The van der Waals surface area contributed by atoms with E-state index >= 15 is 0 Å². The van der Waals surface area contributed by atoms with E-state index in [2.05, 4.69) is 38.3 Å². The molecule has 0 aliphatic rings. The smallest absolute Gasteiger partial charge is 0.196 e. The summed E-state index contributed by atoms with van der Waals surface area (Å²) in [6, 6.07) is 23.1. The highest BCUT2D eigenvalue weighted by Gasteiger charge is 2.16. The maximum absolute atomic E-state index is 14.3. The zero-order chi connectivity index (χ0) is 21.6. The van der Waals surface area contributed by atoms with Crippen molar-refractivity contribution in [2.45, 2.75) is 24.3 Å². The van der Waals surface area contributed by atoms with E-state index in [9.17, 15) is 4.39 Å². The van der Waals surface area contributed by atoms with Crippen LogP contribution < -0.4 is 4.74 Å². The molecule has 0 saturated heterocycles. The summed E-state index contributed by atoms with van der Waals surface area (Å²) in [5.74, 6) is 1.86. The first kappa shape index (κ1) is 21.6. The van der Waals surface area contributed by atoms with Gasteiger partial charge in [0.15, 0.2) is 5.16 Å². The van der Waals surface area contributed by atoms with Gasteiger partial charge in [0.1, 0.15) is 17.4 Å². The highest BCUT2D eigenvalue weighted by atomic mass is 79.9. The summed E-state index contributed by atoms with van der Waals surface area (Å²) >= 11 is 4.77. The van der Waals surface area contributed by atoms with Crippen molar-refractivity contribution >= 4 is 27.7 Å². The molecule has 0 unspecified atom stereocenters. The Balaban J connectivity index is 1.65. The lowest BCUT2D eigenvalue weighted by atomic mass is 10.1. The van der Waals surface area contributed by atoms with Gasteiger partial charge >= 0.3 is 0 Å². The van der Waals surface area contributed by atoms with Crippen LogP contribution >= 0.6 is 27.7 Å². The Bertz CT molecular complexity index is 1150. The first-order valence-electron chi connectivity index (χ1n) is 9.92. The summed E-state index contributed by atoms with van der Waals surface area (Å²) < 4.78 is 22.6.